The highest BCUT2D eigenvalue weighted by atomic mass is 32.1. The highest BCUT2D eigenvalue weighted by Gasteiger charge is 2.07. The van der Waals surface area contributed by atoms with Gasteiger partial charge in [-0.1, -0.05) is 12.1 Å². The van der Waals surface area contributed by atoms with Gasteiger partial charge < -0.3 is 5.73 Å². The summed E-state index contributed by atoms with van der Waals surface area (Å²) in [7, 11) is 0. The number of aryl methyl sites for hydroxylation is 1. The quantitative estimate of drug-likeness (QED) is 0.704. The number of nitrogen functional groups attached to an aromatic ring is 1. The molecule has 0 amide bonds. The molecule has 0 saturated heterocycles. The molecule has 0 radical (unpaired) electrons. The Morgan fingerprint density at radius 1 is 1.46 bits per heavy atom. The molecule has 1 aromatic heterocycles. The molecule has 0 atom stereocenters. The fraction of sp³-hybridized carbons (Fsp3) is 0.100. The minimum Gasteiger partial charge on any atom is -0.397 e. The van der Waals surface area contributed by atoms with Crippen LogP contribution in [0.1, 0.15) is 15.2 Å². The lowest BCUT2D eigenvalue weighted by atomic mass is 10.2. The second-order valence-electron chi connectivity index (χ2n) is 3.00. The van der Waals surface area contributed by atoms with E-state index >= 15 is 0 Å². The van der Waals surface area contributed by atoms with Gasteiger partial charge in [-0.25, -0.2) is 0 Å². The zero-order chi connectivity index (χ0) is 9.42. The van der Waals surface area contributed by atoms with Crippen molar-refractivity contribution >= 4 is 33.4 Å². The van der Waals surface area contributed by atoms with Crippen LogP contribution in [0, 0.1) is 6.92 Å². The number of hydrogen-bond donors (Lipinski definition) is 1. The Kier molecular flexibility index (Phi) is 1.81. The Morgan fingerprint density at radius 2 is 2.23 bits per heavy atom. The van der Waals surface area contributed by atoms with Gasteiger partial charge in [0.1, 0.15) is 0 Å². The predicted octanol–water partition coefficient (Wildman–Crippen LogP) is 2.60. The maximum absolute atomic E-state index is 10.6. The molecule has 0 bridgehead atoms. The van der Waals surface area contributed by atoms with Crippen LogP contribution in [0.15, 0.2) is 18.2 Å². The first kappa shape index (κ1) is 8.26. The van der Waals surface area contributed by atoms with Crippen molar-refractivity contribution < 1.29 is 4.79 Å². The van der Waals surface area contributed by atoms with Gasteiger partial charge >= 0.3 is 0 Å². The monoisotopic (exact) mass is 191 g/mol. The average molecular weight is 191 g/mol. The van der Waals surface area contributed by atoms with E-state index in [2.05, 4.69) is 0 Å². The summed E-state index contributed by atoms with van der Waals surface area (Å²) in [5.41, 5.74) is 7.57. The summed E-state index contributed by atoms with van der Waals surface area (Å²) in [5, 5.41) is 0.984. The molecule has 1 heterocycles. The van der Waals surface area contributed by atoms with Gasteiger partial charge in [-0.05, 0) is 18.6 Å². The first-order chi connectivity index (χ1) is 6.22. The third-order valence-electron chi connectivity index (χ3n) is 2.02. The van der Waals surface area contributed by atoms with Gasteiger partial charge in [0.05, 0.1) is 10.6 Å². The number of rotatable bonds is 1. The first-order valence-electron chi connectivity index (χ1n) is 3.96. The molecule has 0 spiro atoms. The minimum atomic E-state index is 0.606. The molecule has 0 aliphatic heterocycles. The van der Waals surface area contributed by atoms with Crippen LogP contribution >= 0.6 is 11.3 Å². The number of fused-ring (bicyclic) bond motifs is 1. The smallest absolute Gasteiger partial charge is 0.162 e. The Hall–Kier alpha value is -1.35. The number of benzene rings is 1. The lowest BCUT2D eigenvalue weighted by Gasteiger charge is -1.92. The summed E-state index contributed by atoms with van der Waals surface area (Å²) in [6.45, 7) is 2.02. The van der Waals surface area contributed by atoms with Crippen LogP contribution < -0.4 is 5.73 Å². The van der Waals surface area contributed by atoms with Gasteiger partial charge in [-0.15, -0.1) is 11.3 Å². The highest BCUT2D eigenvalue weighted by molar-refractivity contribution is 7.21. The summed E-state index contributed by atoms with van der Waals surface area (Å²) >= 11 is 1.44. The molecule has 2 aromatic rings. The molecule has 0 aliphatic carbocycles. The Morgan fingerprint density at radius 3 is 2.92 bits per heavy atom. The van der Waals surface area contributed by atoms with Crippen LogP contribution in [-0.4, -0.2) is 6.29 Å². The fourth-order valence-electron chi connectivity index (χ4n) is 1.33. The van der Waals surface area contributed by atoms with Gasteiger partial charge in [0.15, 0.2) is 6.29 Å². The third-order valence-corrected chi connectivity index (χ3v) is 3.11. The van der Waals surface area contributed by atoms with Crippen molar-refractivity contribution in [2.75, 3.05) is 5.73 Å². The zero-order valence-corrected chi connectivity index (χ0v) is 8.02. The minimum absolute atomic E-state index is 0.606. The Bertz CT molecular complexity index is 473. The molecule has 0 saturated carbocycles. The van der Waals surface area contributed by atoms with Crippen LogP contribution in [0.25, 0.3) is 10.1 Å². The molecule has 1 aromatic carbocycles. The molecular weight excluding hydrogens is 182 g/mol. The summed E-state index contributed by atoms with van der Waals surface area (Å²) in [4.78, 5) is 11.2. The number of aldehydes is 1. The summed E-state index contributed by atoms with van der Waals surface area (Å²) < 4.78 is 1.08. The number of carbonyl (C=O) groups is 1. The largest absolute Gasteiger partial charge is 0.397 e. The third kappa shape index (κ3) is 1.21. The maximum Gasteiger partial charge on any atom is 0.162 e. The number of carbonyl (C=O) groups excluding carboxylic acids is 1. The van der Waals surface area contributed by atoms with E-state index in [0.717, 1.165) is 16.4 Å². The van der Waals surface area contributed by atoms with Gasteiger partial charge in [0, 0.05) is 10.1 Å². The normalized spacial score (nSPS) is 10.5. The SMILES string of the molecule is Cc1ccc2c(N)c(C=O)sc2c1. The van der Waals surface area contributed by atoms with Crippen LogP contribution in [0.5, 0.6) is 0 Å². The second kappa shape index (κ2) is 2.85. The molecule has 2 N–H and O–H groups in total. The molecule has 0 unspecified atom stereocenters. The van der Waals surface area contributed by atoms with Crippen molar-refractivity contribution in [1.82, 2.24) is 0 Å². The lowest BCUT2D eigenvalue weighted by molar-refractivity contribution is 0.112. The van der Waals surface area contributed by atoms with E-state index in [4.69, 9.17) is 5.73 Å². The average Bonchev–Trinajstić information content (AvgIpc) is 2.42. The van der Waals surface area contributed by atoms with Crippen molar-refractivity contribution in [3.8, 4) is 0 Å². The van der Waals surface area contributed by atoms with Crippen LogP contribution in [0.4, 0.5) is 5.69 Å². The molecule has 0 fully saturated rings. The van der Waals surface area contributed by atoms with Crippen molar-refractivity contribution in [3.05, 3.63) is 28.6 Å². The van der Waals surface area contributed by atoms with E-state index in [1.807, 2.05) is 25.1 Å². The molecule has 3 heteroatoms. The second-order valence-corrected chi connectivity index (χ2v) is 4.08. The number of thiophene rings is 1. The molecule has 2 rings (SSSR count). The molecule has 66 valence electrons. The summed E-state index contributed by atoms with van der Waals surface area (Å²) in [6, 6.07) is 6.01. The fourth-order valence-corrected chi connectivity index (χ4v) is 2.37. The van der Waals surface area contributed by atoms with Gasteiger partial charge in [-0.3, -0.25) is 4.79 Å². The van der Waals surface area contributed by atoms with Crippen molar-refractivity contribution in [1.29, 1.82) is 0 Å². The molecule has 13 heavy (non-hydrogen) atoms. The highest BCUT2D eigenvalue weighted by Crippen LogP contribution is 2.32. The van der Waals surface area contributed by atoms with E-state index in [1.54, 1.807) is 0 Å². The van der Waals surface area contributed by atoms with Gasteiger partial charge in [0.2, 0.25) is 0 Å². The van der Waals surface area contributed by atoms with Gasteiger partial charge in [0.25, 0.3) is 0 Å². The molecule has 2 nitrogen and oxygen atoms in total. The first-order valence-corrected chi connectivity index (χ1v) is 4.78. The van der Waals surface area contributed by atoms with E-state index in [1.165, 1.54) is 16.9 Å². The van der Waals surface area contributed by atoms with E-state index < -0.39 is 0 Å². The van der Waals surface area contributed by atoms with Crippen LogP contribution in [0.3, 0.4) is 0 Å². The molecular formula is C10H9NOS. The summed E-state index contributed by atoms with van der Waals surface area (Å²) in [6.07, 6.45) is 0.815. The zero-order valence-electron chi connectivity index (χ0n) is 7.20. The van der Waals surface area contributed by atoms with E-state index in [-0.39, 0.29) is 0 Å². The topological polar surface area (TPSA) is 43.1 Å². The number of nitrogens with two attached hydrogens (primary N) is 1. The number of anilines is 1. The van der Waals surface area contributed by atoms with Crippen LogP contribution in [0.2, 0.25) is 0 Å². The molecule has 0 aliphatic rings. The maximum atomic E-state index is 10.6. The van der Waals surface area contributed by atoms with Gasteiger partial charge in [-0.2, -0.15) is 0 Å². The van der Waals surface area contributed by atoms with E-state index in [9.17, 15) is 4.79 Å². The predicted molar refractivity (Wildman–Crippen MR) is 56.4 cm³/mol. The standard InChI is InChI=1S/C10H9NOS/c1-6-2-3-7-8(4-6)13-9(5-12)10(7)11/h2-5H,11H2,1H3. The Labute approximate surface area is 80.0 Å². The van der Waals surface area contributed by atoms with Crippen molar-refractivity contribution in [2.45, 2.75) is 6.92 Å². The van der Waals surface area contributed by atoms with E-state index in [0.29, 0.717) is 10.6 Å². The Balaban J connectivity index is 2.83. The number of hydrogen-bond acceptors (Lipinski definition) is 3. The van der Waals surface area contributed by atoms with Crippen molar-refractivity contribution in [2.24, 2.45) is 0 Å². The summed E-state index contributed by atoms with van der Waals surface area (Å²) in [5.74, 6) is 0. The van der Waals surface area contributed by atoms with Crippen molar-refractivity contribution in [3.63, 3.8) is 0 Å². The van der Waals surface area contributed by atoms with Crippen LogP contribution in [-0.2, 0) is 0 Å². The lowest BCUT2D eigenvalue weighted by Crippen LogP contribution is -1.86.